The zero-order chi connectivity index (χ0) is 13.1. The number of hydrogen-bond acceptors (Lipinski definition) is 4. The van der Waals surface area contributed by atoms with E-state index < -0.39 is 5.97 Å². The summed E-state index contributed by atoms with van der Waals surface area (Å²) in [6.07, 6.45) is 6.70. The summed E-state index contributed by atoms with van der Waals surface area (Å²) >= 11 is 0. The number of carbonyl (C=O) groups excluding carboxylic acids is 1. The topological polar surface area (TPSA) is 70.1 Å². The monoisotopic (exact) mass is 251 g/mol. The van der Waals surface area contributed by atoms with Gasteiger partial charge in [0.2, 0.25) is 0 Å². The largest absolute Gasteiger partial charge is 0.464 e. The zero-order valence-electron chi connectivity index (χ0n) is 11.1. The van der Waals surface area contributed by atoms with Crippen LogP contribution in [0.3, 0.4) is 0 Å². The van der Waals surface area contributed by atoms with Crippen LogP contribution in [0.15, 0.2) is 6.33 Å². The highest BCUT2D eigenvalue weighted by atomic mass is 16.5. The quantitative estimate of drug-likeness (QED) is 0.835. The van der Waals surface area contributed by atoms with Crippen LogP contribution < -0.4 is 5.73 Å². The Morgan fingerprint density at radius 3 is 3.06 bits per heavy atom. The van der Waals surface area contributed by atoms with Crippen LogP contribution in [0.1, 0.15) is 43.1 Å². The van der Waals surface area contributed by atoms with Crippen molar-refractivity contribution in [2.75, 3.05) is 12.8 Å². The van der Waals surface area contributed by atoms with E-state index in [4.69, 9.17) is 5.73 Å². The van der Waals surface area contributed by atoms with Gasteiger partial charge in [0.05, 0.1) is 13.4 Å². The summed E-state index contributed by atoms with van der Waals surface area (Å²) in [5.41, 5.74) is 6.15. The molecule has 1 aromatic heterocycles. The average molecular weight is 251 g/mol. The summed E-state index contributed by atoms with van der Waals surface area (Å²) in [5.74, 6) is 1.37. The number of hydrogen-bond donors (Lipinski definition) is 1. The predicted molar refractivity (Wildman–Crippen MR) is 69.1 cm³/mol. The summed E-state index contributed by atoms with van der Waals surface area (Å²) in [5, 5.41) is 0. The Labute approximate surface area is 107 Å². The first-order valence-electron chi connectivity index (χ1n) is 6.50. The van der Waals surface area contributed by atoms with E-state index in [0.717, 1.165) is 12.5 Å². The maximum atomic E-state index is 11.4. The molecule has 1 aliphatic carbocycles. The van der Waals surface area contributed by atoms with E-state index in [1.807, 2.05) is 4.57 Å². The van der Waals surface area contributed by atoms with Crippen molar-refractivity contribution in [3.05, 3.63) is 12.0 Å². The number of anilines is 1. The number of nitrogens with zero attached hydrogens (tertiary/aromatic N) is 2. The molecule has 2 unspecified atom stereocenters. The summed E-state index contributed by atoms with van der Waals surface area (Å²) in [6.45, 7) is 3.14. The number of esters is 1. The Kier molecular flexibility index (Phi) is 3.89. The first kappa shape index (κ1) is 12.9. The summed E-state index contributed by atoms with van der Waals surface area (Å²) < 4.78 is 6.51. The van der Waals surface area contributed by atoms with Crippen LogP contribution >= 0.6 is 0 Å². The maximum absolute atomic E-state index is 11.4. The molecule has 0 radical (unpaired) electrons. The molecule has 1 saturated carbocycles. The molecule has 0 saturated heterocycles. The number of nitrogen functional groups attached to an aromatic ring is 1. The molecular formula is C13H21N3O2. The van der Waals surface area contributed by atoms with Crippen molar-refractivity contribution < 1.29 is 9.53 Å². The van der Waals surface area contributed by atoms with Gasteiger partial charge in [-0.25, -0.2) is 9.78 Å². The first-order chi connectivity index (χ1) is 8.61. The van der Waals surface area contributed by atoms with Gasteiger partial charge in [0, 0.05) is 6.54 Å². The fourth-order valence-corrected chi connectivity index (χ4v) is 2.79. The average Bonchev–Trinajstić information content (AvgIpc) is 2.70. The van der Waals surface area contributed by atoms with Crippen molar-refractivity contribution >= 4 is 11.8 Å². The van der Waals surface area contributed by atoms with Gasteiger partial charge in [0.15, 0.2) is 5.69 Å². The molecule has 1 aliphatic rings. The van der Waals surface area contributed by atoms with Gasteiger partial charge in [-0.2, -0.15) is 0 Å². The van der Waals surface area contributed by atoms with Crippen molar-refractivity contribution in [3.8, 4) is 0 Å². The maximum Gasteiger partial charge on any atom is 0.360 e. The molecule has 1 heterocycles. The lowest BCUT2D eigenvalue weighted by atomic mass is 9.82. The highest BCUT2D eigenvalue weighted by Crippen LogP contribution is 2.30. The van der Waals surface area contributed by atoms with Crippen LogP contribution in [-0.2, 0) is 11.3 Å². The molecule has 100 valence electrons. The SMILES string of the molecule is COC(=O)c1ncn(CC2CCCC(C)C2)c1N. The fraction of sp³-hybridized carbons (Fsp3) is 0.692. The molecule has 0 bridgehead atoms. The number of aromatic nitrogens is 2. The third-order valence-electron chi connectivity index (χ3n) is 3.76. The van der Waals surface area contributed by atoms with E-state index in [1.54, 1.807) is 6.33 Å². The van der Waals surface area contributed by atoms with Crippen molar-refractivity contribution in [2.45, 2.75) is 39.2 Å². The Balaban J connectivity index is 2.05. The standard InChI is InChI=1S/C13H21N3O2/c1-9-4-3-5-10(6-9)7-16-8-15-11(12(16)14)13(17)18-2/h8-10H,3-7,14H2,1-2H3. The highest BCUT2D eigenvalue weighted by molar-refractivity contribution is 5.91. The van der Waals surface area contributed by atoms with E-state index in [1.165, 1.54) is 32.8 Å². The third-order valence-corrected chi connectivity index (χ3v) is 3.76. The van der Waals surface area contributed by atoms with E-state index in [9.17, 15) is 4.79 Å². The van der Waals surface area contributed by atoms with Crippen LogP contribution in [0.25, 0.3) is 0 Å². The molecule has 2 atom stereocenters. The van der Waals surface area contributed by atoms with Gasteiger partial charge in [-0.05, 0) is 24.7 Å². The predicted octanol–water partition coefficient (Wildman–Crippen LogP) is 2.08. The molecule has 18 heavy (non-hydrogen) atoms. The number of carbonyl (C=O) groups is 1. The minimum Gasteiger partial charge on any atom is -0.464 e. The third kappa shape index (κ3) is 2.66. The van der Waals surface area contributed by atoms with Gasteiger partial charge < -0.3 is 15.0 Å². The van der Waals surface area contributed by atoms with E-state index in [0.29, 0.717) is 11.7 Å². The number of imidazole rings is 1. The Hall–Kier alpha value is -1.52. The molecule has 0 aliphatic heterocycles. The summed E-state index contributed by atoms with van der Waals surface area (Å²) in [7, 11) is 1.34. The summed E-state index contributed by atoms with van der Waals surface area (Å²) in [4.78, 5) is 15.4. The molecule has 0 amide bonds. The van der Waals surface area contributed by atoms with Gasteiger partial charge >= 0.3 is 5.97 Å². The molecule has 2 rings (SSSR count). The summed E-state index contributed by atoms with van der Waals surface area (Å²) in [6, 6.07) is 0. The van der Waals surface area contributed by atoms with Crippen molar-refractivity contribution in [1.82, 2.24) is 9.55 Å². The fourth-order valence-electron chi connectivity index (χ4n) is 2.79. The lowest BCUT2D eigenvalue weighted by Gasteiger charge is -2.27. The molecule has 0 spiro atoms. The number of nitrogens with two attached hydrogens (primary N) is 1. The van der Waals surface area contributed by atoms with Crippen molar-refractivity contribution in [2.24, 2.45) is 11.8 Å². The molecule has 1 fully saturated rings. The highest BCUT2D eigenvalue weighted by Gasteiger charge is 2.22. The van der Waals surface area contributed by atoms with Crippen LogP contribution in [0.5, 0.6) is 0 Å². The van der Waals surface area contributed by atoms with Gasteiger partial charge in [-0.3, -0.25) is 0 Å². The van der Waals surface area contributed by atoms with Gasteiger partial charge in [-0.1, -0.05) is 19.8 Å². The molecular weight excluding hydrogens is 230 g/mol. The van der Waals surface area contributed by atoms with Crippen LogP contribution in [0.4, 0.5) is 5.82 Å². The van der Waals surface area contributed by atoms with Gasteiger partial charge in [0.25, 0.3) is 0 Å². The van der Waals surface area contributed by atoms with Crippen LogP contribution in [0, 0.1) is 11.8 Å². The zero-order valence-corrected chi connectivity index (χ0v) is 11.1. The van der Waals surface area contributed by atoms with E-state index >= 15 is 0 Å². The van der Waals surface area contributed by atoms with Crippen LogP contribution in [-0.4, -0.2) is 22.6 Å². The Morgan fingerprint density at radius 1 is 1.61 bits per heavy atom. The van der Waals surface area contributed by atoms with E-state index in [2.05, 4.69) is 16.6 Å². The Bertz CT molecular complexity index is 428. The lowest BCUT2D eigenvalue weighted by Crippen LogP contribution is -2.19. The Morgan fingerprint density at radius 2 is 2.39 bits per heavy atom. The molecule has 2 N–H and O–H groups in total. The number of methoxy groups -OCH3 is 1. The van der Waals surface area contributed by atoms with Crippen LogP contribution in [0.2, 0.25) is 0 Å². The van der Waals surface area contributed by atoms with Crippen molar-refractivity contribution in [3.63, 3.8) is 0 Å². The first-order valence-corrected chi connectivity index (χ1v) is 6.50. The van der Waals surface area contributed by atoms with Crippen molar-refractivity contribution in [1.29, 1.82) is 0 Å². The number of ether oxygens (including phenoxy) is 1. The molecule has 5 heteroatoms. The number of rotatable bonds is 3. The lowest BCUT2D eigenvalue weighted by molar-refractivity contribution is 0.0596. The van der Waals surface area contributed by atoms with E-state index in [-0.39, 0.29) is 5.69 Å². The molecule has 1 aromatic rings. The smallest absolute Gasteiger partial charge is 0.360 e. The second-order valence-corrected chi connectivity index (χ2v) is 5.26. The second kappa shape index (κ2) is 5.42. The minimum atomic E-state index is -0.469. The molecule has 0 aromatic carbocycles. The normalized spacial score (nSPS) is 23.9. The second-order valence-electron chi connectivity index (χ2n) is 5.26. The van der Waals surface area contributed by atoms with Gasteiger partial charge in [-0.15, -0.1) is 0 Å². The minimum absolute atomic E-state index is 0.223. The van der Waals surface area contributed by atoms with Gasteiger partial charge in [0.1, 0.15) is 5.82 Å². The molecule has 5 nitrogen and oxygen atoms in total.